The van der Waals surface area contributed by atoms with Crippen molar-refractivity contribution in [2.45, 2.75) is 69.5 Å². The number of ether oxygens (including phenoxy) is 1. The Morgan fingerprint density at radius 2 is 1.83 bits per heavy atom. The van der Waals surface area contributed by atoms with Crippen molar-refractivity contribution in [3.05, 3.63) is 34.3 Å². The third-order valence-corrected chi connectivity index (χ3v) is 7.71. The molecule has 1 atom stereocenters. The lowest BCUT2D eigenvalue weighted by Crippen LogP contribution is -2.49. The molecule has 0 aliphatic heterocycles. The summed E-state index contributed by atoms with van der Waals surface area (Å²) >= 11 is 0.804. The largest absolute Gasteiger partial charge is 0.504 e. The molecule has 1 unspecified atom stereocenters. The summed E-state index contributed by atoms with van der Waals surface area (Å²) < 4.78 is 9.27. The Labute approximate surface area is 207 Å². The van der Waals surface area contributed by atoms with Crippen molar-refractivity contribution in [2.75, 3.05) is 12.8 Å². The van der Waals surface area contributed by atoms with Gasteiger partial charge >= 0.3 is 0 Å². The molecule has 2 aliphatic rings. The van der Waals surface area contributed by atoms with Crippen LogP contribution in [0.1, 0.15) is 83.1 Å². The van der Waals surface area contributed by atoms with Gasteiger partial charge in [-0.2, -0.15) is 4.37 Å². The van der Waals surface area contributed by atoms with E-state index in [0.29, 0.717) is 5.56 Å². The summed E-state index contributed by atoms with van der Waals surface area (Å²) in [5, 5.41) is 13.3. The van der Waals surface area contributed by atoms with Crippen LogP contribution in [-0.2, 0) is 4.79 Å². The summed E-state index contributed by atoms with van der Waals surface area (Å²) in [6.07, 6.45) is 7.18. The van der Waals surface area contributed by atoms with Gasteiger partial charge in [-0.05, 0) is 54.9 Å². The van der Waals surface area contributed by atoms with Crippen molar-refractivity contribution < 1.29 is 24.2 Å². The van der Waals surface area contributed by atoms with Crippen LogP contribution in [0.5, 0.6) is 11.5 Å². The number of nitrogens with two attached hydrogens (primary N) is 2. The number of nitrogens with zero attached hydrogens (tertiary/aromatic N) is 2. The van der Waals surface area contributed by atoms with E-state index in [0.717, 1.165) is 62.9 Å². The smallest absolute Gasteiger partial charge is 0.270 e. The lowest BCUT2D eigenvalue weighted by atomic mass is 9.99. The monoisotopic (exact) mass is 501 g/mol. The second-order valence-corrected chi connectivity index (χ2v) is 9.89. The zero-order valence-corrected chi connectivity index (χ0v) is 20.5. The van der Waals surface area contributed by atoms with Gasteiger partial charge in [-0.3, -0.25) is 14.4 Å². The summed E-state index contributed by atoms with van der Waals surface area (Å²) in [4.78, 5) is 41.1. The normalized spacial score (nSPS) is 17.3. The highest BCUT2D eigenvalue weighted by atomic mass is 32.1. The number of methoxy groups -OCH3 is 1. The minimum absolute atomic E-state index is 0.0412. The van der Waals surface area contributed by atoms with E-state index in [2.05, 4.69) is 9.69 Å². The number of primary amides is 1. The maximum Gasteiger partial charge on any atom is 0.270 e. The highest BCUT2D eigenvalue weighted by Gasteiger charge is 2.40. The Morgan fingerprint density at radius 1 is 1.17 bits per heavy atom. The lowest BCUT2D eigenvalue weighted by molar-refractivity contribution is -0.127. The third-order valence-electron chi connectivity index (χ3n) is 6.86. The van der Waals surface area contributed by atoms with E-state index >= 15 is 0 Å². The van der Waals surface area contributed by atoms with Crippen molar-refractivity contribution >= 4 is 34.9 Å². The van der Waals surface area contributed by atoms with Crippen molar-refractivity contribution in [1.29, 1.82) is 0 Å². The minimum atomic E-state index is -0.987. The molecule has 0 saturated heterocycles. The average Bonchev–Trinajstić information content (AvgIpc) is 3.60. The first kappa shape index (κ1) is 24.8. The maximum atomic E-state index is 14.0. The first-order chi connectivity index (χ1) is 16.8. The van der Waals surface area contributed by atoms with Crippen LogP contribution >= 0.6 is 11.5 Å². The molecule has 1 aromatic heterocycles. The Morgan fingerprint density at radius 3 is 2.43 bits per heavy atom. The van der Waals surface area contributed by atoms with Gasteiger partial charge in [-0.15, -0.1) is 0 Å². The number of nitrogen functional groups attached to an aromatic ring is 1. The molecular weight excluding hydrogens is 470 g/mol. The number of nitrogens with one attached hydrogen (secondary N) is 1. The third kappa shape index (κ3) is 5.04. The number of phenols is 1. The number of carbonyl (C=O) groups is 3. The van der Waals surface area contributed by atoms with Crippen molar-refractivity contribution in [2.24, 2.45) is 5.73 Å². The lowest BCUT2D eigenvalue weighted by Gasteiger charge is -2.36. The zero-order valence-electron chi connectivity index (χ0n) is 19.7. The molecule has 2 fully saturated rings. The van der Waals surface area contributed by atoms with E-state index in [1.807, 2.05) is 0 Å². The number of aromatic hydroxyl groups is 1. The predicted octanol–water partition coefficient (Wildman–Crippen LogP) is 2.72. The molecule has 0 bridgehead atoms. The SMILES string of the molecule is COc1cc(C(C(=O)NC2CCCC2)N(C(=O)c2snc(C(N)=O)c2N)C2CCCC2)ccc1O. The summed E-state index contributed by atoms with van der Waals surface area (Å²) in [6.45, 7) is 0. The van der Waals surface area contributed by atoms with E-state index in [4.69, 9.17) is 16.2 Å². The van der Waals surface area contributed by atoms with Gasteiger partial charge in [0.15, 0.2) is 17.2 Å². The molecule has 11 heteroatoms. The number of phenolic OH excluding ortho intramolecular Hbond substituents is 1. The van der Waals surface area contributed by atoms with Crippen LogP contribution in [0.15, 0.2) is 18.2 Å². The second kappa shape index (κ2) is 10.5. The van der Waals surface area contributed by atoms with Gasteiger partial charge in [0, 0.05) is 12.1 Å². The van der Waals surface area contributed by atoms with E-state index in [1.165, 1.54) is 13.2 Å². The summed E-state index contributed by atoms with van der Waals surface area (Å²) in [5.74, 6) is -1.46. The Kier molecular flexibility index (Phi) is 7.44. The average molecular weight is 502 g/mol. The molecule has 1 aromatic carbocycles. The van der Waals surface area contributed by atoms with Crippen LogP contribution in [-0.4, -0.2) is 51.3 Å². The van der Waals surface area contributed by atoms with Gasteiger partial charge in [0.2, 0.25) is 5.91 Å². The van der Waals surface area contributed by atoms with Gasteiger partial charge < -0.3 is 31.5 Å². The molecule has 6 N–H and O–H groups in total. The molecule has 2 aliphatic carbocycles. The quantitative estimate of drug-likeness (QED) is 0.432. The number of hydrogen-bond donors (Lipinski definition) is 4. The fraction of sp³-hybridized carbons (Fsp3) is 0.500. The van der Waals surface area contributed by atoms with Crippen molar-refractivity contribution in [3.63, 3.8) is 0 Å². The maximum absolute atomic E-state index is 14.0. The van der Waals surface area contributed by atoms with Gasteiger partial charge in [-0.25, -0.2) is 0 Å². The van der Waals surface area contributed by atoms with Crippen molar-refractivity contribution in [1.82, 2.24) is 14.6 Å². The molecule has 3 amide bonds. The highest BCUT2D eigenvalue weighted by Crippen LogP contribution is 2.38. The fourth-order valence-electron chi connectivity index (χ4n) is 5.08. The molecule has 1 heterocycles. The highest BCUT2D eigenvalue weighted by molar-refractivity contribution is 7.09. The Bertz CT molecular complexity index is 1110. The van der Waals surface area contributed by atoms with E-state index in [-0.39, 0.29) is 45.7 Å². The number of anilines is 1. The molecule has 4 rings (SSSR count). The van der Waals surface area contributed by atoms with Crippen LogP contribution in [0.4, 0.5) is 5.69 Å². The van der Waals surface area contributed by atoms with Crippen molar-refractivity contribution in [3.8, 4) is 11.5 Å². The molecule has 2 saturated carbocycles. The first-order valence-electron chi connectivity index (χ1n) is 11.9. The summed E-state index contributed by atoms with van der Waals surface area (Å²) in [7, 11) is 1.43. The Balaban J connectivity index is 1.80. The van der Waals surface area contributed by atoms with Gasteiger partial charge in [-0.1, -0.05) is 31.7 Å². The minimum Gasteiger partial charge on any atom is -0.504 e. The first-order valence-corrected chi connectivity index (χ1v) is 12.6. The topological polar surface area (TPSA) is 161 Å². The summed E-state index contributed by atoms with van der Waals surface area (Å²) in [5.41, 5.74) is 11.7. The van der Waals surface area contributed by atoms with E-state index < -0.39 is 17.9 Å². The van der Waals surface area contributed by atoms with Crippen LogP contribution in [0.3, 0.4) is 0 Å². The number of amides is 3. The number of aromatic nitrogens is 1. The van der Waals surface area contributed by atoms with Gasteiger partial charge in [0.25, 0.3) is 11.8 Å². The number of hydrogen-bond acceptors (Lipinski definition) is 8. The number of carbonyl (C=O) groups excluding carboxylic acids is 3. The van der Waals surface area contributed by atoms with E-state index in [9.17, 15) is 19.5 Å². The molecule has 0 spiro atoms. The van der Waals surface area contributed by atoms with E-state index in [1.54, 1.807) is 17.0 Å². The second-order valence-electron chi connectivity index (χ2n) is 9.11. The van der Waals surface area contributed by atoms with Gasteiger partial charge in [0.05, 0.1) is 12.8 Å². The van der Waals surface area contributed by atoms with Gasteiger partial charge in [0.1, 0.15) is 10.9 Å². The predicted molar refractivity (Wildman–Crippen MR) is 131 cm³/mol. The summed E-state index contributed by atoms with van der Waals surface area (Å²) in [6, 6.07) is 3.50. The number of benzene rings is 1. The Hall–Kier alpha value is -3.34. The van der Waals surface area contributed by atoms with Crippen LogP contribution in [0.2, 0.25) is 0 Å². The molecule has 2 aromatic rings. The molecule has 10 nitrogen and oxygen atoms in total. The van der Waals surface area contributed by atoms with Crippen LogP contribution in [0.25, 0.3) is 0 Å². The number of rotatable bonds is 8. The van der Waals surface area contributed by atoms with Crippen LogP contribution in [0, 0.1) is 0 Å². The molecule has 0 radical (unpaired) electrons. The zero-order chi connectivity index (χ0) is 25.1. The standard InChI is InChI=1S/C24H31N5O5S/c1-34-17-12-13(10-11-16(17)30)20(23(32)27-14-6-2-3-7-14)29(15-8-4-5-9-15)24(33)21-18(25)19(22(26)31)28-35-21/h10-12,14-15,20,30H,2-9,25H2,1H3,(H2,26,31)(H,27,32). The molecule has 35 heavy (non-hydrogen) atoms. The molecular formula is C24H31N5O5S. The fourth-order valence-corrected chi connectivity index (χ4v) is 5.83. The molecule has 188 valence electrons. The van der Waals surface area contributed by atoms with Crippen LogP contribution < -0.4 is 21.5 Å².